The number of piperazine rings is 1. The Morgan fingerprint density at radius 1 is 0.958 bits per heavy atom. The smallest absolute Gasteiger partial charge is 0.237 e. The van der Waals surface area contributed by atoms with Crippen molar-refractivity contribution in [3.63, 3.8) is 0 Å². The van der Waals surface area contributed by atoms with Crippen molar-refractivity contribution in [2.24, 2.45) is 5.92 Å². The van der Waals surface area contributed by atoms with E-state index in [-0.39, 0.29) is 17.9 Å². The van der Waals surface area contributed by atoms with E-state index in [0.29, 0.717) is 25.2 Å². The Kier molecular flexibility index (Phi) is 4.79. The third-order valence-electron chi connectivity index (χ3n) is 6.79. The van der Waals surface area contributed by atoms with Gasteiger partial charge < -0.3 is 10.2 Å². The molecular weight excluding hydrogens is 302 g/mol. The van der Waals surface area contributed by atoms with Gasteiger partial charge in [0.15, 0.2) is 0 Å². The number of likely N-dealkylation sites (tertiary alicyclic amines) is 1. The zero-order valence-electron chi connectivity index (χ0n) is 14.7. The summed E-state index contributed by atoms with van der Waals surface area (Å²) >= 11 is 0. The van der Waals surface area contributed by atoms with Crippen LogP contribution in [0.2, 0.25) is 0 Å². The van der Waals surface area contributed by atoms with Gasteiger partial charge in [-0.3, -0.25) is 14.5 Å². The quantitative estimate of drug-likeness (QED) is 0.840. The molecule has 4 atom stereocenters. The molecule has 1 N–H and O–H groups in total. The summed E-state index contributed by atoms with van der Waals surface area (Å²) in [6.07, 6.45) is 12.1. The summed E-state index contributed by atoms with van der Waals surface area (Å²) in [5.74, 6) is 1.09. The van der Waals surface area contributed by atoms with E-state index in [1.54, 1.807) is 0 Å². The molecule has 0 aromatic heterocycles. The van der Waals surface area contributed by atoms with Gasteiger partial charge in [-0.15, -0.1) is 0 Å². The Labute approximate surface area is 145 Å². The van der Waals surface area contributed by atoms with Crippen molar-refractivity contribution < 1.29 is 9.59 Å². The van der Waals surface area contributed by atoms with Crippen LogP contribution in [0.5, 0.6) is 0 Å². The summed E-state index contributed by atoms with van der Waals surface area (Å²) < 4.78 is 0. The molecule has 2 heterocycles. The number of carbonyl (C=O) groups excluding carboxylic acids is 2. The Bertz CT molecular complexity index is 493. The zero-order valence-corrected chi connectivity index (χ0v) is 14.7. The molecule has 0 unspecified atom stereocenters. The van der Waals surface area contributed by atoms with Gasteiger partial charge in [0.25, 0.3) is 0 Å². The molecule has 0 spiro atoms. The van der Waals surface area contributed by atoms with Crippen molar-refractivity contribution >= 4 is 11.8 Å². The molecular formula is C19H31N3O2. The second-order valence-corrected chi connectivity index (χ2v) is 8.27. The van der Waals surface area contributed by atoms with Gasteiger partial charge in [0.05, 0.1) is 13.1 Å². The number of fused-ring (bicyclic) bond motifs is 2. The highest BCUT2D eigenvalue weighted by molar-refractivity contribution is 5.82. The van der Waals surface area contributed by atoms with E-state index in [0.717, 1.165) is 31.7 Å². The molecule has 0 aromatic carbocycles. The molecule has 0 radical (unpaired) electrons. The van der Waals surface area contributed by atoms with Crippen molar-refractivity contribution in [3.8, 4) is 0 Å². The molecule has 4 fully saturated rings. The molecule has 0 bridgehead atoms. The van der Waals surface area contributed by atoms with Crippen molar-refractivity contribution in [1.82, 2.24) is 15.1 Å². The van der Waals surface area contributed by atoms with Gasteiger partial charge in [-0.05, 0) is 44.4 Å². The molecule has 5 nitrogen and oxygen atoms in total. The lowest BCUT2D eigenvalue weighted by molar-refractivity contribution is -0.142. The predicted molar refractivity (Wildman–Crippen MR) is 92.5 cm³/mol. The van der Waals surface area contributed by atoms with Crippen LogP contribution >= 0.6 is 0 Å². The molecule has 5 heteroatoms. The van der Waals surface area contributed by atoms with Crippen LogP contribution in [0.1, 0.15) is 64.2 Å². The van der Waals surface area contributed by atoms with E-state index in [4.69, 9.17) is 0 Å². The summed E-state index contributed by atoms with van der Waals surface area (Å²) in [6, 6.07) is 1.10. The van der Waals surface area contributed by atoms with Gasteiger partial charge in [0, 0.05) is 24.7 Å². The monoisotopic (exact) mass is 333 g/mol. The number of nitrogens with zero attached hydrogens (tertiary/aromatic N) is 2. The molecule has 2 saturated heterocycles. The van der Waals surface area contributed by atoms with Crippen LogP contribution < -0.4 is 5.32 Å². The average molecular weight is 333 g/mol. The molecule has 24 heavy (non-hydrogen) atoms. The summed E-state index contributed by atoms with van der Waals surface area (Å²) in [4.78, 5) is 29.4. The van der Waals surface area contributed by atoms with Crippen LogP contribution in [-0.2, 0) is 9.59 Å². The molecule has 4 aliphatic rings. The lowest BCUT2D eigenvalue weighted by Crippen LogP contribution is -2.63. The number of hydrogen-bond acceptors (Lipinski definition) is 3. The minimum Gasteiger partial charge on any atom is -0.351 e. The normalized spacial score (nSPS) is 37.3. The van der Waals surface area contributed by atoms with Gasteiger partial charge in [0.2, 0.25) is 11.8 Å². The van der Waals surface area contributed by atoms with E-state index in [9.17, 15) is 9.59 Å². The lowest BCUT2D eigenvalue weighted by Gasteiger charge is -2.47. The van der Waals surface area contributed by atoms with Crippen molar-refractivity contribution in [1.29, 1.82) is 0 Å². The molecule has 2 saturated carbocycles. The first-order valence-corrected chi connectivity index (χ1v) is 10.1. The average Bonchev–Trinajstić information content (AvgIpc) is 2.61. The lowest BCUT2D eigenvalue weighted by atomic mass is 9.78. The molecule has 2 amide bonds. The summed E-state index contributed by atoms with van der Waals surface area (Å²) in [6.45, 7) is 1.76. The fourth-order valence-corrected chi connectivity index (χ4v) is 5.64. The van der Waals surface area contributed by atoms with Crippen LogP contribution in [0, 0.1) is 5.92 Å². The number of nitrogens with one attached hydrogen (secondary N) is 1. The molecule has 2 aliphatic heterocycles. The largest absolute Gasteiger partial charge is 0.351 e. The first-order chi connectivity index (χ1) is 11.7. The Morgan fingerprint density at radius 3 is 2.54 bits per heavy atom. The van der Waals surface area contributed by atoms with Crippen LogP contribution in [0.3, 0.4) is 0 Å². The highest BCUT2D eigenvalue weighted by atomic mass is 16.2. The van der Waals surface area contributed by atoms with Crippen molar-refractivity contribution in [2.45, 2.75) is 82.3 Å². The number of amides is 2. The third kappa shape index (κ3) is 3.19. The molecule has 4 rings (SSSR count). The standard InChI is InChI=1S/C19H31N3O2/c23-18-12-21(17-10-4-2-8-15(17)20-18)13-19(24)22-11-5-7-14-6-1-3-9-16(14)22/h14-17H,1-13H2,(H,20,23)/t14-,15-,16-,17-/m0/s1. The maximum Gasteiger partial charge on any atom is 0.237 e. The van der Waals surface area contributed by atoms with Gasteiger partial charge in [-0.25, -0.2) is 0 Å². The van der Waals surface area contributed by atoms with E-state index in [1.165, 1.54) is 44.9 Å². The number of hydrogen-bond donors (Lipinski definition) is 1. The maximum absolute atomic E-state index is 13.1. The van der Waals surface area contributed by atoms with Gasteiger partial charge in [0.1, 0.15) is 0 Å². The van der Waals surface area contributed by atoms with E-state index >= 15 is 0 Å². The Hall–Kier alpha value is -1.10. The highest BCUT2D eigenvalue weighted by Crippen LogP contribution is 2.35. The number of carbonyl (C=O) groups is 2. The zero-order chi connectivity index (χ0) is 16.5. The Balaban J connectivity index is 1.43. The van der Waals surface area contributed by atoms with Gasteiger partial charge >= 0.3 is 0 Å². The van der Waals surface area contributed by atoms with Crippen LogP contribution in [0.15, 0.2) is 0 Å². The topological polar surface area (TPSA) is 52.7 Å². The fraction of sp³-hybridized carbons (Fsp3) is 0.895. The fourth-order valence-electron chi connectivity index (χ4n) is 5.64. The molecule has 2 aliphatic carbocycles. The van der Waals surface area contributed by atoms with Crippen LogP contribution in [0.4, 0.5) is 0 Å². The molecule has 0 aromatic rings. The summed E-state index contributed by atoms with van der Waals surface area (Å²) in [5.41, 5.74) is 0. The van der Waals surface area contributed by atoms with E-state index < -0.39 is 0 Å². The van der Waals surface area contributed by atoms with Crippen molar-refractivity contribution in [3.05, 3.63) is 0 Å². The van der Waals surface area contributed by atoms with E-state index in [2.05, 4.69) is 15.1 Å². The van der Waals surface area contributed by atoms with Crippen LogP contribution in [0.25, 0.3) is 0 Å². The summed E-state index contributed by atoms with van der Waals surface area (Å²) in [5, 5.41) is 3.14. The SMILES string of the molecule is O=C1CN(CC(=O)N2CCC[C@@H]3CCCC[C@@H]32)[C@H]2CCCC[C@@H]2N1. The van der Waals surface area contributed by atoms with Gasteiger partial charge in [-0.1, -0.05) is 25.7 Å². The summed E-state index contributed by atoms with van der Waals surface area (Å²) in [7, 11) is 0. The minimum atomic E-state index is 0.0973. The third-order valence-corrected chi connectivity index (χ3v) is 6.79. The molecule has 134 valence electrons. The number of piperidine rings is 1. The van der Waals surface area contributed by atoms with E-state index in [1.807, 2.05) is 0 Å². The second-order valence-electron chi connectivity index (χ2n) is 8.27. The van der Waals surface area contributed by atoms with Gasteiger partial charge in [-0.2, -0.15) is 0 Å². The predicted octanol–water partition coefficient (Wildman–Crippen LogP) is 1.91. The minimum absolute atomic E-state index is 0.0973. The number of rotatable bonds is 2. The highest BCUT2D eigenvalue weighted by Gasteiger charge is 2.40. The first kappa shape index (κ1) is 16.4. The maximum atomic E-state index is 13.1. The van der Waals surface area contributed by atoms with Crippen molar-refractivity contribution in [2.75, 3.05) is 19.6 Å². The first-order valence-electron chi connectivity index (χ1n) is 10.1. The second kappa shape index (κ2) is 7.03. The van der Waals surface area contributed by atoms with Crippen LogP contribution in [-0.4, -0.2) is 59.4 Å². The Morgan fingerprint density at radius 2 is 1.67 bits per heavy atom.